The fraction of sp³-hybridized carbons (Fsp3) is 0.500. The van der Waals surface area contributed by atoms with Crippen LogP contribution in [0.1, 0.15) is 94.7 Å². The molecular weight excluding hydrogens is 336 g/mol. The Balaban J connectivity index is 1.94. The molecule has 1 aliphatic carbocycles. The van der Waals surface area contributed by atoms with Crippen LogP contribution in [-0.4, -0.2) is 0 Å². The van der Waals surface area contributed by atoms with Crippen molar-refractivity contribution in [3.05, 3.63) is 71.3 Å². The number of hydrogen-bond acceptors (Lipinski definition) is 0. The maximum Gasteiger partial charge on any atom is -0.0162 e. The van der Waals surface area contributed by atoms with Crippen molar-refractivity contribution in [3.8, 4) is 11.1 Å². The molecule has 0 radical (unpaired) electrons. The highest BCUT2D eigenvalue weighted by Crippen LogP contribution is 2.36. The maximum atomic E-state index is 4.29. The number of allylic oxidation sites excluding steroid dienone is 1. The van der Waals surface area contributed by atoms with Crippen molar-refractivity contribution in [1.29, 1.82) is 0 Å². The third-order valence-electron chi connectivity index (χ3n) is 6.53. The van der Waals surface area contributed by atoms with E-state index in [2.05, 4.69) is 76.7 Å². The highest BCUT2D eigenvalue weighted by molar-refractivity contribution is 5.66. The second-order valence-corrected chi connectivity index (χ2v) is 9.39. The Kier molecular flexibility index (Phi) is 7.16. The molecule has 0 amide bonds. The molecule has 0 aromatic heterocycles. The van der Waals surface area contributed by atoms with Gasteiger partial charge in [-0.3, -0.25) is 0 Å². The lowest BCUT2D eigenvalue weighted by Crippen LogP contribution is -2.06. The van der Waals surface area contributed by atoms with Crippen LogP contribution in [0.3, 0.4) is 0 Å². The molecule has 0 bridgehead atoms. The minimum atomic E-state index is 0.565. The normalized spacial score (nSPS) is 15.4. The smallest absolute Gasteiger partial charge is 0.0162 e. The van der Waals surface area contributed by atoms with E-state index in [0.717, 1.165) is 18.8 Å². The van der Waals surface area contributed by atoms with Crippen LogP contribution >= 0.6 is 0 Å². The summed E-state index contributed by atoms with van der Waals surface area (Å²) in [5.41, 5.74) is 8.61. The van der Waals surface area contributed by atoms with E-state index >= 15 is 0 Å². The third-order valence-corrected chi connectivity index (χ3v) is 6.53. The average Bonchev–Trinajstić information content (AvgIpc) is 2.72. The number of aryl methyl sites for hydroxylation is 1. The first-order valence-electron chi connectivity index (χ1n) is 11.4. The standard InChI is InChI=1S/C28H38/c1-20(2)22(5)14-15-23-16-27(24-10-7-6-8-11-24)19-28(17-23)26-13-9-12-25(18-26)21(3)4/h9,12-13,16-21,24H,5-8,10-11,14-15H2,1-4H3. The van der Waals surface area contributed by atoms with E-state index in [4.69, 9.17) is 0 Å². The molecule has 2 aromatic carbocycles. The summed E-state index contributed by atoms with van der Waals surface area (Å²) >= 11 is 0. The van der Waals surface area contributed by atoms with Crippen LogP contribution in [0.15, 0.2) is 54.6 Å². The van der Waals surface area contributed by atoms with E-state index < -0.39 is 0 Å². The summed E-state index contributed by atoms with van der Waals surface area (Å²) in [6.45, 7) is 13.4. The van der Waals surface area contributed by atoms with Gasteiger partial charge >= 0.3 is 0 Å². The van der Waals surface area contributed by atoms with E-state index in [9.17, 15) is 0 Å². The van der Waals surface area contributed by atoms with Crippen LogP contribution in [0.4, 0.5) is 0 Å². The molecule has 0 spiro atoms. The van der Waals surface area contributed by atoms with Gasteiger partial charge in [-0.2, -0.15) is 0 Å². The molecule has 0 saturated heterocycles. The lowest BCUT2D eigenvalue weighted by atomic mass is 9.82. The molecule has 0 atom stereocenters. The van der Waals surface area contributed by atoms with Crippen molar-refractivity contribution < 1.29 is 0 Å². The number of rotatable bonds is 7. The van der Waals surface area contributed by atoms with Gasteiger partial charge in [0.15, 0.2) is 0 Å². The predicted octanol–water partition coefficient (Wildman–Crippen LogP) is 8.67. The summed E-state index contributed by atoms with van der Waals surface area (Å²) in [5, 5.41) is 0. The Hall–Kier alpha value is -1.82. The lowest BCUT2D eigenvalue weighted by Gasteiger charge is -2.24. The summed E-state index contributed by atoms with van der Waals surface area (Å²) in [5.74, 6) is 1.88. The Morgan fingerprint density at radius 1 is 0.929 bits per heavy atom. The van der Waals surface area contributed by atoms with Crippen molar-refractivity contribution in [3.63, 3.8) is 0 Å². The zero-order valence-corrected chi connectivity index (χ0v) is 18.4. The Labute approximate surface area is 173 Å². The molecule has 1 saturated carbocycles. The SMILES string of the molecule is C=C(CCc1cc(-c2cccc(C(C)C)c2)cc(C2CCCCC2)c1)C(C)C. The molecule has 2 aromatic rings. The Bertz CT molecular complexity index is 787. The molecule has 3 rings (SSSR count). The monoisotopic (exact) mass is 374 g/mol. The van der Waals surface area contributed by atoms with Gasteiger partial charge in [-0.05, 0) is 71.3 Å². The minimum absolute atomic E-state index is 0.565. The lowest BCUT2D eigenvalue weighted by molar-refractivity contribution is 0.443. The van der Waals surface area contributed by atoms with Gasteiger partial charge in [-0.1, -0.05) is 102 Å². The van der Waals surface area contributed by atoms with Crippen LogP contribution in [0.25, 0.3) is 11.1 Å². The van der Waals surface area contributed by atoms with Gasteiger partial charge in [0.1, 0.15) is 0 Å². The van der Waals surface area contributed by atoms with E-state index in [0.29, 0.717) is 11.8 Å². The zero-order valence-electron chi connectivity index (χ0n) is 18.4. The average molecular weight is 375 g/mol. The third kappa shape index (κ3) is 5.37. The van der Waals surface area contributed by atoms with Crippen molar-refractivity contribution in [1.82, 2.24) is 0 Å². The van der Waals surface area contributed by atoms with Crippen molar-refractivity contribution >= 4 is 0 Å². The fourth-order valence-electron chi connectivity index (χ4n) is 4.37. The van der Waals surface area contributed by atoms with Gasteiger partial charge in [0.2, 0.25) is 0 Å². The molecule has 0 heteroatoms. The van der Waals surface area contributed by atoms with Crippen LogP contribution in [0.5, 0.6) is 0 Å². The second-order valence-electron chi connectivity index (χ2n) is 9.39. The number of benzene rings is 2. The quantitative estimate of drug-likeness (QED) is 0.425. The van der Waals surface area contributed by atoms with Gasteiger partial charge in [0.25, 0.3) is 0 Å². The van der Waals surface area contributed by atoms with E-state index in [1.807, 2.05) is 0 Å². The predicted molar refractivity (Wildman–Crippen MR) is 124 cm³/mol. The summed E-state index contributed by atoms with van der Waals surface area (Å²) < 4.78 is 0. The Morgan fingerprint density at radius 2 is 1.68 bits per heavy atom. The first kappa shape index (κ1) is 20.9. The van der Waals surface area contributed by atoms with Crippen molar-refractivity contribution in [2.24, 2.45) is 5.92 Å². The van der Waals surface area contributed by atoms with Gasteiger partial charge in [0, 0.05) is 0 Å². The molecule has 0 N–H and O–H groups in total. The summed E-state index contributed by atoms with van der Waals surface area (Å²) in [6.07, 6.45) is 9.09. The van der Waals surface area contributed by atoms with Crippen molar-refractivity contribution in [2.75, 3.05) is 0 Å². The van der Waals surface area contributed by atoms with Gasteiger partial charge in [-0.25, -0.2) is 0 Å². The molecule has 1 fully saturated rings. The number of hydrogen-bond donors (Lipinski definition) is 0. The largest absolute Gasteiger partial charge is 0.0996 e. The first-order valence-corrected chi connectivity index (χ1v) is 11.4. The second kappa shape index (κ2) is 9.59. The molecule has 0 unspecified atom stereocenters. The van der Waals surface area contributed by atoms with E-state index in [-0.39, 0.29) is 0 Å². The van der Waals surface area contributed by atoms with Crippen LogP contribution in [-0.2, 0) is 6.42 Å². The molecule has 150 valence electrons. The molecule has 0 heterocycles. The topological polar surface area (TPSA) is 0 Å². The molecule has 0 aliphatic heterocycles. The van der Waals surface area contributed by atoms with Gasteiger partial charge in [0.05, 0.1) is 0 Å². The highest BCUT2D eigenvalue weighted by Gasteiger charge is 2.17. The molecule has 28 heavy (non-hydrogen) atoms. The van der Waals surface area contributed by atoms with Gasteiger partial charge < -0.3 is 0 Å². The van der Waals surface area contributed by atoms with Crippen LogP contribution < -0.4 is 0 Å². The first-order chi connectivity index (χ1) is 13.4. The fourth-order valence-corrected chi connectivity index (χ4v) is 4.37. The van der Waals surface area contributed by atoms with Crippen LogP contribution in [0.2, 0.25) is 0 Å². The summed E-state index contributed by atoms with van der Waals surface area (Å²) in [7, 11) is 0. The minimum Gasteiger partial charge on any atom is -0.0996 e. The zero-order chi connectivity index (χ0) is 20.1. The molecule has 1 aliphatic rings. The van der Waals surface area contributed by atoms with E-state index in [1.54, 1.807) is 5.56 Å². The molecular formula is C28H38. The van der Waals surface area contributed by atoms with Gasteiger partial charge in [-0.15, -0.1) is 0 Å². The Morgan fingerprint density at radius 3 is 2.36 bits per heavy atom. The molecule has 0 nitrogen and oxygen atoms in total. The highest BCUT2D eigenvalue weighted by atomic mass is 14.2. The summed E-state index contributed by atoms with van der Waals surface area (Å²) in [4.78, 5) is 0. The van der Waals surface area contributed by atoms with Crippen LogP contribution in [0, 0.1) is 5.92 Å². The summed E-state index contributed by atoms with van der Waals surface area (Å²) in [6, 6.07) is 16.6. The maximum absolute atomic E-state index is 4.29. The van der Waals surface area contributed by atoms with Crippen molar-refractivity contribution in [2.45, 2.75) is 84.5 Å². The van der Waals surface area contributed by atoms with E-state index in [1.165, 1.54) is 59.9 Å².